The van der Waals surface area contributed by atoms with E-state index in [2.05, 4.69) is 10.6 Å². The fourth-order valence-electron chi connectivity index (χ4n) is 5.23. The number of ether oxygens (including phenoxy) is 2. The molecule has 0 aliphatic carbocycles. The van der Waals surface area contributed by atoms with Crippen LogP contribution in [-0.4, -0.2) is 85.5 Å². The zero-order chi connectivity index (χ0) is 30.6. The van der Waals surface area contributed by atoms with E-state index < -0.39 is 17.8 Å². The van der Waals surface area contributed by atoms with Gasteiger partial charge in [0.25, 0.3) is 11.8 Å². The van der Waals surface area contributed by atoms with Gasteiger partial charge < -0.3 is 25.0 Å². The number of likely N-dealkylation sites (tertiary alicyclic amines) is 1. The Hall–Kier alpha value is -2.78. The van der Waals surface area contributed by atoms with Crippen LogP contribution in [-0.2, 0) is 25.5 Å². The Morgan fingerprint density at radius 2 is 1.86 bits per heavy atom. The van der Waals surface area contributed by atoms with E-state index in [9.17, 15) is 23.6 Å². The minimum absolute atomic E-state index is 0.111. The smallest absolute Gasteiger partial charge is 0.320 e. The molecule has 2 amide bonds. The van der Waals surface area contributed by atoms with Gasteiger partial charge in [0.1, 0.15) is 10.8 Å². The molecule has 42 heavy (non-hydrogen) atoms. The maximum absolute atomic E-state index is 14.9. The first-order chi connectivity index (χ1) is 19.9. The Morgan fingerprint density at radius 1 is 1.19 bits per heavy atom. The fraction of sp³-hybridized carbons (Fsp3) is 0.517. The molecule has 1 saturated heterocycles. The molecule has 0 spiro atoms. The molecule has 0 bridgehead atoms. The Kier molecular flexibility index (Phi) is 10.5. The van der Waals surface area contributed by atoms with E-state index in [1.54, 1.807) is 35.8 Å². The largest absolute Gasteiger partial charge is 0.465 e. The Bertz CT molecular complexity index is 1350. The van der Waals surface area contributed by atoms with Crippen molar-refractivity contribution in [1.82, 2.24) is 15.1 Å². The van der Waals surface area contributed by atoms with Crippen LogP contribution in [0.5, 0.6) is 0 Å². The molecule has 2 aliphatic heterocycles. The van der Waals surface area contributed by atoms with Crippen molar-refractivity contribution in [2.75, 3.05) is 51.3 Å². The number of carbonyl (C=O) groups excluding carboxylic acids is 4. The molecule has 1 atom stereocenters. The molecule has 1 fully saturated rings. The number of rotatable bonds is 10. The van der Waals surface area contributed by atoms with Gasteiger partial charge in [0.2, 0.25) is 0 Å². The number of nitrogens with zero attached hydrogens (tertiary/aromatic N) is 2. The third-order valence-corrected chi connectivity index (χ3v) is 9.05. The number of thiophene rings is 1. The highest BCUT2D eigenvalue weighted by Gasteiger charge is 2.39. The second kappa shape index (κ2) is 13.7. The minimum Gasteiger partial charge on any atom is -0.465 e. The molecule has 228 valence electrons. The summed E-state index contributed by atoms with van der Waals surface area (Å²) in [5.41, 5.74) is 0.874. The molecule has 0 unspecified atom stereocenters. The quantitative estimate of drug-likeness (QED) is 0.278. The highest BCUT2D eigenvalue weighted by Crippen LogP contribution is 2.41. The van der Waals surface area contributed by atoms with Gasteiger partial charge in [-0.2, -0.15) is 0 Å². The maximum atomic E-state index is 14.9. The first-order valence-electron chi connectivity index (χ1n) is 13.9. The van der Waals surface area contributed by atoms with Crippen LogP contribution < -0.4 is 10.6 Å². The van der Waals surface area contributed by atoms with Crippen molar-refractivity contribution in [3.63, 3.8) is 0 Å². The predicted molar refractivity (Wildman–Crippen MR) is 166 cm³/mol. The van der Waals surface area contributed by atoms with Crippen molar-refractivity contribution in [1.29, 1.82) is 0 Å². The van der Waals surface area contributed by atoms with E-state index in [4.69, 9.17) is 9.47 Å². The summed E-state index contributed by atoms with van der Waals surface area (Å²) in [6.45, 7) is 8.77. The average molecular weight is 715 g/mol. The molecule has 3 heterocycles. The number of halogens is 2. The summed E-state index contributed by atoms with van der Waals surface area (Å²) < 4.78 is 25.8. The topological polar surface area (TPSA) is 117 Å². The number of amides is 2. The lowest BCUT2D eigenvalue weighted by molar-refractivity contribution is -0.149. The summed E-state index contributed by atoms with van der Waals surface area (Å²) in [5.74, 6) is -1.95. The van der Waals surface area contributed by atoms with Gasteiger partial charge in [-0.3, -0.25) is 24.1 Å². The van der Waals surface area contributed by atoms with Crippen molar-refractivity contribution in [2.24, 2.45) is 5.41 Å². The molecule has 0 radical (unpaired) electrons. The van der Waals surface area contributed by atoms with Crippen LogP contribution in [0.2, 0.25) is 0 Å². The summed E-state index contributed by atoms with van der Waals surface area (Å²) in [5, 5.41) is 6.44. The minimum atomic E-state index is -0.469. The van der Waals surface area contributed by atoms with E-state index in [0.29, 0.717) is 46.9 Å². The van der Waals surface area contributed by atoms with Gasteiger partial charge in [-0.15, -0.1) is 11.3 Å². The molecule has 2 aromatic rings. The van der Waals surface area contributed by atoms with E-state index >= 15 is 0 Å². The van der Waals surface area contributed by atoms with Crippen LogP contribution in [0.3, 0.4) is 0 Å². The SMILES string of the molecule is CCOC(=O)CN(CC(=O)OCC)[C@@H]1CCN(C(=O)c2c(Nc3ccc(I)cc3F)sc3c2CC(C)(C)CNC3=O)C1. The van der Waals surface area contributed by atoms with Gasteiger partial charge in [0.05, 0.1) is 42.4 Å². The number of hydrogen-bond acceptors (Lipinski definition) is 9. The summed E-state index contributed by atoms with van der Waals surface area (Å²) >= 11 is 3.17. The molecule has 1 aromatic heterocycles. The monoisotopic (exact) mass is 714 g/mol. The summed E-state index contributed by atoms with van der Waals surface area (Å²) in [6.07, 6.45) is 1.00. The van der Waals surface area contributed by atoms with Gasteiger partial charge in [-0.1, -0.05) is 13.8 Å². The van der Waals surface area contributed by atoms with Gasteiger partial charge in [0, 0.05) is 29.2 Å². The molecule has 13 heteroatoms. The third kappa shape index (κ3) is 7.59. The fourth-order valence-corrected chi connectivity index (χ4v) is 6.82. The summed E-state index contributed by atoms with van der Waals surface area (Å²) in [4.78, 5) is 55.8. The van der Waals surface area contributed by atoms with Crippen LogP contribution in [0.15, 0.2) is 18.2 Å². The van der Waals surface area contributed by atoms with Crippen molar-refractivity contribution >= 4 is 68.4 Å². The van der Waals surface area contributed by atoms with Crippen molar-refractivity contribution in [3.8, 4) is 0 Å². The van der Waals surface area contributed by atoms with Crippen LogP contribution >= 0.6 is 33.9 Å². The van der Waals surface area contributed by atoms with E-state index in [1.807, 2.05) is 36.4 Å². The molecule has 4 rings (SSSR count). The molecule has 2 aliphatic rings. The number of benzene rings is 1. The number of nitrogens with one attached hydrogen (secondary N) is 2. The second-order valence-corrected chi connectivity index (χ2v) is 13.4. The average Bonchev–Trinajstić information content (AvgIpc) is 3.51. The van der Waals surface area contributed by atoms with Crippen molar-refractivity contribution in [2.45, 2.75) is 46.6 Å². The number of carbonyl (C=O) groups is 4. The van der Waals surface area contributed by atoms with Crippen molar-refractivity contribution < 1.29 is 33.0 Å². The van der Waals surface area contributed by atoms with Gasteiger partial charge in [-0.05, 0) is 78.5 Å². The van der Waals surface area contributed by atoms with Crippen LogP contribution in [0.25, 0.3) is 0 Å². The number of fused-ring (bicyclic) bond motifs is 1. The molecule has 10 nitrogen and oxygen atoms in total. The van der Waals surface area contributed by atoms with Gasteiger partial charge >= 0.3 is 11.9 Å². The van der Waals surface area contributed by atoms with Crippen molar-refractivity contribution in [3.05, 3.63) is 43.6 Å². The standard InChI is InChI=1S/C29H36FIN4O6S/c1-5-40-22(36)14-35(15-23(37)41-6-2)18-9-10-34(13-18)28(39)24-19-12-29(3,4)16-32-26(38)25(19)42-27(24)33-21-8-7-17(31)11-20(21)30/h7-8,11,18,33H,5-6,9-10,12-16H2,1-4H3,(H,32,38)/t18-/m1/s1. The zero-order valence-electron chi connectivity index (χ0n) is 24.2. The lowest BCUT2D eigenvalue weighted by Gasteiger charge is -2.27. The van der Waals surface area contributed by atoms with Crippen LogP contribution in [0, 0.1) is 14.8 Å². The lowest BCUT2D eigenvalue weighted by Crippen LogP contribution is -2.45. The van der Waals surface area contributed by atoms with Crippen LogP contribution in [0.4, 0.5) is 15.1 Å². The van der Waals surface area contributed by atoms with Gasteiger partial charge in [0.15, 0.2) is 0 Å². The molecule has 2 N–H and O–H groups in total. The Morgan fingerprint density at radius 3 is 2.48 bits per heavy atom. The Balaban J connectivity index is 1.66. The third-order valence-electron chi connectivity index (χ3n) is 7.23. The van der Waals surface area contributed by atoms with E-state index in [0.717, 1.165) is 14.9 Å². The highest BCUT2D eigenvalue weighted by atomic mass is 127. The Labute approximate surface area is 262 Å². The molecule has 1 aromatic carbocycles. The first-order valence-corrected chi connectivity index (χ1v) is 15.8. The van der Waals surface area contributed by atoms with Gasteiger partial charge in [-0.25, -0.2) is 4.39 Å². The molecular formula is C29H36FIN4O6S. The lowest BCUT2D eigenvalue weighted by atomic mass is 9.85. The van der Waals surface area contributed by atoms with E-state index in [1.165, 1.54) is 6.07 Å². The maximum Gasteiger partial charge on any atom is 0.320 e. The number of esters is 2. The zero-order valence-corrected chi connectivity index (χ0v) is 27.2. The predicted octanol–water partition coefficient (Wildman–Crippen LogP) is 4.19. The molecular weight excluding hydrogens is 678 g/mol. The number of anilines is 2. The van der Waals surface area contributed by atoms with Crippen LogP contribution in [0.1, 0.15) is 59.7 Å². The highest BCUT2D eigenvalue weighted by molar-refractivity contribution is 14.1. The summed E-state index contributed by atoms with van der Waals surface area (Å²) in [6, 6.07) is 4.47. The van der Waals surface area contributed by atoms with E-state index in [-0.39, 0.29) is 61.8 Å². The first kappa shape index (κ1) is 32.1. The number of hydrogen-bond donors (Lipinski definition) is 2. The second-order valence-electron chi connectivity index (χ2n) is 11.1. The summed E-state index contributed by atoms with van der Waals surface area (Å²) in [7, 11) is 0. The molecule has 0 saturated carbocycles. The normalized spacial score (nSPS) is 17.8.